The van der Waals surface area contributed by atoms with Crippen LogP contribution in [0.4, 0.5) is 11.5 Å². The fourth-order valence-corrected chi connectivity index (χ4v) is 1.78. The normalized spacial score (nSPS) is 25.9. The Morgan fingerprint density at radius 2 is 2.47 bits per heavy atom. The Labute approximate surface area is 86.7 Å². The summed E-state index contributed by atoms with van der Waals surface area (Å²) >= 11 is 0. The van der Waals surface area contributed by atoms with E-state index in [9.17, 15) is 9.90 Å². The summed E-state index contributed by atoms with van der Waals surface area (Å²) in [7, 11) is 0. The number of nitrogens with zero attached hydrogens (tertiary/aromatic N) is 2. The second-order valence-electron chi connectivity index (χ2n) is 4.14. The molecule has 0 amide bonds. The number of anilines is 2. The highest BCUT2D eigenvalue weighted by atomic mass is 16.3. The first-order valence-electron chi connectivity index (χ1n) is 4.80. The summed E-state index contributed by atoms with van der Waals surface area (Å²) in [6.07, 6.45) is 1.97. The van der Waals surface area contributed by atoms with Gasteiger partial charge < -0.3 is 20.7 Å². The van der Waals surface area contributed by atoms with Crippen molar-refractivity contribution in [2.24, 2.45) is 0 Å². The second-order valence-corrected chi connectivity index (χ2v) is 4.14. The van der Waals surface area contributed by atoms with Crippen LogP contribution in [0.3, 0.4) is 0 Å². The molecule has 0 spiro atoms. The van der Waals surface area contributed by atoms with Gasteiger partial charge in [-0.25, -0.2) is 4.98 Å². The van der Waals surface area contributed by atoms with Gasteiger partial charge >= 0.3 is 0 Å². The van der Waals surface area contributed by atoms with E-state index in [0.717, 1.165) is 0 Å². The minimum absolute atomic E-state index is 0.107. The molecular weight excluding hydrogens is 196 g/mol. The number of hydrogen-bond donors (Lipinski definition) is 3. The van der Waals surface area contributed by atoms with Crippen molar-refractivity contribution in [3.05, 3.63) is 16.7 Å². The van der Waals surface area contributed by atoms with Gasteiger partial charge in [0.1, 0.15) is 5.69 Å². The number of rotatable bonds is 1. The first kappa shape index (κ1) is 9.97. The number of nitrogens with one attached hydrogen (secondary N) is 1. The van der Waals surface area contributed by atoms with Crippen LogP contribution in [-0.4, -0.2) is 33.8 Å². The lowest BCUT2D eigenvalue weighted by Crippen LogP contribution is -2.31. The van der Waals surface area contributed by atoms with Gasteiger partial charge in [-0.05, 0) is 13.3 Å². The van der Waals surface area contributed by atoms with E-state index in [2.05, 4.69) is 9.97 Å². The first-order valence-corrected chi connectivity index (χ1v) is 4.80. The van der Waals surface area contributed by atoms with Crippen molar-refractivity contribution in [2.75, 3.05) is 23.7 Å². The van der Waals surface area contributed by atoms with Crippen LogP contribution in [0.5, 0.6) is 0 Å². The lowest BCUT2D eigenvalue weighted by atomic mass is 10.1. The van der Waals surface area contributed by atoms with Crippen LogP contribution >= 0.6 is 0 Å². The standard InChI is InChI=1S/C9H14N4O2/c1-9(15)2-3-13(4-9)7-6(10)8(14)12-5-11-7/h5,15H,2-4,10H2,1H3,(H,11,12,14). The number of aromatic amines is 1. The van der Waals surface area contributed by atoms with Crippen LogP contribution in [-0.2, 0) is 0 Å². The number of hydrogen-bond acceptors (Lipinski definition) is 5. The average Bonchev–Trinajstić information content (AvgIpc) is 2.51. The van der Waals surface area contributed by atoms with E-state index in [1.54, 1.807) is 6.92 Å². The molecule has 6 nitrogen and oxygen atoms in total. The van der Waals surface area contributed by atoms with Gasteiger partial charge in [-0.2, -0.15) is 0 Å². The molecule has 6 heteroatoms. The third-order valence-electron chi connectivity index (χ3n) is 2.62. The van der Waals surface area contributed by atoms with E-state index in [0.29, 0.717) is 25.3 Å². The van der Waals surface area contributed by atoms with Gasteiger partial charge in [-0.1, -0.05) is 0 Å². The summed E-state index contributed by atoms with van der Waals surface area (Å²) in [6, 6.07) is 0. The van der Waals surface area contributed by atoms with Crippen molar-refractivity contribution in [3.63, 3.8) is 0 Å². The summed E-state index contributed by atoms with van der Waals surface area (Å²) in [4.78, 5) is 19.5. The highest BCUT2D eigenvalue weighted by molar-refractivity contribution is 5.61. The molecule has 0 radical (unpaired) electrons. The van der Waals surface area contributed by atoms with Crippen LogP contribution in [0.15, 0.2) is 11.1 Å². The molecule has 1 aliphatic rings. The number of aliphatic hydroxyl groups is 1. The lowest BCUT2D eigenvalue weighted by Gasteiger charge is -2.20. The molecule has 2 rings (SSSR count). The molecule has 4 N–H and O–H groups in total. The maximum Gasteiger partial charge on any atom is 0.276 e. The van der Waals surface area contributed by atoms with Crippen LogP contribution in [0.2, 0.25) is 0 Å². The van der Waals surface area contributed by atoms with Crippen LogP contribution in [0, 0.1) is 0 Å². The molecule has 0 aromatic carbocycles. The maximum absolute atomic E-state index is 11.2. The Bertz CT molecular complexity index is 426. The number of H-pyrrole nitrogens is 1. The van der Waals surface area contributed by atoms with E-state index in [1.165, 1.54) is 6.33 Å². The summed E-state index contributed by atoms with van der Waals surface area (Å²) < 4.78 is 0. The summed E-state index contributed by atoms with van der Waals surface area (Å²) in [6.45, 7) is 2.87. The Balaban J connectivity index is 2.32. The molecule has 2 heterocycles. The summed E-state index contributed by atoms with van der Waals surface area (Å²) in [5.41, 5.74) is 4.66. The molecule has 0 saturated carbocycles. The van der Waals surface area contributed by atoms with Gasteiger partial charge in [0.25, 0.3) is 5.56 Å². The highest BCUT2D eigenvalue weighted by Gasteiger charge is 2.33. The maximum atomic E-state index is 11.2. The van der Waals surface area contributed by atoms with E-state index in [4.69, 9.17) is 5.73 Å². The van der Waals surface area contributed by atoms with E-state index >= 15 is 0 Å². The van der Waals surface area contributed by atoms with Crippen molar-refractivity contribution in [3.8, 4) is 0 Å². The molecule has 15 heavy (non-hydrogen) atoms. The fraction of sp³-hybridized carbons (Fsp3) is 0.556. The monoisotopic (exact) mass is 210 g/mol. The van der Waals surface area contributed by atoms with E-state index in [-0.39, 0.29) is 11.2 Å². The minimum atomic E-state index is -0.725. The number of nitrogen functional groups attached to an aromatic ring is 1. The molecule has 82 valence electrons. The van der Waals surface area contributed by atoms with Crippen molar-refractivity contribution in [1.29, 1.82) is 0 Å². The van der Waals surface area contributed by atoms with Gasteiger partial charge in [0.05, 0.1) is 11.9 Å². The zero-order valence-electron chi connectivity index (χ0n) is 8.53. The van der Waals surface area contributed by atoms with Gasteiger partial charge in [0, 0.05) is 13.1 Å². The number of β-amino-alcohol motifs (C(OH)–C–C–N with tert-alkyl or cyclic N) is 1. The predicted molar refractivity (Wildman–Crippen MR) is 56.7 cm³/mol. The Morgan fingerprint density at radius 1 is 1.73 bits per heavy atom. The smallest absolute Gasteiger partial charge is 0.276 e. The van der Waals surface area contributed by atoms with Gasteiger partial charge in [-0.15, -0.1) is 0 Å². The van der Waals surface area contributed by atoms with Crippen molar-refractivity contribution >= 4 is 11.5 Å². The van der Waals surface area contributed by atoms with Gasteiger partial charge in [-0.3, -0.25) is 4.79 Å². The molecule has 0 bridgehead atoms. The predicted octanol–water partition coefficient (Wildman–Crippen LogP) is -0.687. The van der Waals surface area contributed by atoms with Crippen molar-refractivity contribution in [1.82, 2.24) is 9.97 Å². The van der Waals surface area contributed by atoms with Crippen molar-refractivity contribution < 1.29 is 5.11 Å². The molecule has 1 aromatic rings. The molecule has 1 aliphatic heterocycles. The third kappa shape index (κ3) is 1.80. The molecule has 0 aliphatic carbocycles. The van der Waals surface area contributed by atoms with E-state index in [1.807, 2.05) is 4.90 Å². The Hall–Kier alpha value is -1.56. The average molecular weight is 210 g/mol. The second kappa shape index (κ2) is 3.23. The molecule has 1 atom stereocenters. The van der Waals surface area contributed by atoms with Crippen LogP contribution in [0.1, 0.15) is 13.3 Å². The van der Waals surface area contributed by atoms with Gasteiger partial charge in [0.2, 0.25) is 0 Å². The molecule has 1 fully saturated rings. The topological polar surface area (TPSA) is 95.2 Å². The zero-order valence-corrected chi connectivity index (χ0v) is 8.53. The van der Waals surface area contributed by atoms with Crippen molar-refractivity contribution in [2.45, 2.75) is 18.9 Å². The Morgan fingerprint density at radius 3 is 3.07 bits per heavy atom. The number of nitrogens with two attached hydrogens (primary N) is 1. The van der Waals surface area contributed by atoms with Crippen LogP contribution < -0.4 is 16.2 Å². The van der Waals surface area contributed by atoms with Crippen LogP contribution in [0.25, 0.3) is 0 Å². The molecule has 1 saturated heterocycles. The Kier molecular flexibility index (Phi) is 2.15. The zero-order chi connectivity index (χ0) is 11.1. The summed E-state index contributed by atoms with van der Waals surface area (Å²) in [5.74, 6) is 0.455. The molecule has 1 aromatic heterocycles. The third-order valence-corrected chi connectivity index (χ3v) is 2.62. The number of aromatic nitrogens is 2. The minimum Gasteiger partial charge on any atom is -0.391 e. The summed E-state index contributed by atoms with van der Waals surface area (Å²) in [5, 5.41) is 9.79. The largest absolute Gasteiger partial charge is 0.391 e. The van der Waals surface area contributed by atoms with Gasteiger partial charge in [0.15, 0.2) is 5.82 Å². The molecular formula is C9H14N4O2. The molecule has 1 unspecified atom stereocenters. The quantitative estimate of drug-likeness (QED) is 0.570. The SMILES string of the molecule is CC1(O)CCN(c2nc[nH]c(=O)c2N)C1. The fourth-order valence-electron chi connectivity index (χ4n) is 1.78. The highest BCUT2D eigenvalue weighted by Crippen LogP contribution is 2.26. The van der Waals surface area contributed by atoms with E-state index < -0.39 is 5.60 Å². The lowest BCUT2D eigenvalue weighted by molar-refractivity contribution is 0.0839. The first-order chi connectivity index (χ1) is 6.99.